The third-order valence-electron chi connectivity index (χ3n) is 6.25. The van der Waals surface area contributed by atoms with Crippen LogP contribution < -0.4 is 11.1 Å². The number of pyridine rings is 2. The lowest BCUT2D eigenvalue weighted by atomic mass is 10.0. The Hall–Kier alpha value is -4.69. The summed E-state index contributed by atoms with van der Waals surface area (Å²) in [5.74, 6) is -0.445. The van der Waals surface area contributed by atoms with Crippen LogP contribution in [0.4, 0.5) is 5.82 Å². The fourth-order valence-electron chi connectivity index (χ4n) is 4.21. The molecule has 0 aliphatic carbocycles. The molecule has 0 aliphatic rings. The summed E-state index contributed by atoms with van der Waals surface area (Å²) < 4.78 is 0. The van der Waals surface area contributed by atoms with Crippen molar-refractivity contribution in [2.75, 3.05) is 5.73 Å². The quantitative estimate of drug-likeness (QED) is 0.295. The molecule has 8 heteroatoms. The van der Waals surface area contributed by atoms with E-state index < -0.39 is 17.6 Å². The van der Waals surface area contributed by atoms with E-state index in [1.165, 1.54) is 0 Å². The normalized spacial score (nSPS) is 12.3. The molecule has 0 fully saturated rings. The average Bonchev–Trinajstić information content (AvgIpc) is 2.92. The number of benzene rings is 2. The van der Waals surface area contributed by atoms with Crippen molar-refractivity contribution in [3.63, 3.8) is 0 Å². The summed E-state index contributed by atoms with van der Waals surface area (Å²) in [5, 5.41) is 14.2. The van der Waals surface area contributed by atoms with Crippen molar-refractivity contribution in [1.82, 2.24) is 25.3 Å². The molecule has 0 saturated heterocycles. The number of aromatic nitrogens is 4. The van der Waals surface area contributed by atoms with Crippen molar-refractivity contribution < 1.29 is 9.90 Å². The van der Waals surface area contributed by atoms with Crippen molar-refractivity contribution in [1.29, 1.82) is 0 Å². The first-order chi connectivity index (χ1) is 18.2. The second kappa shape index (κ2) is 9.99. The molecule has 4 N–H and O–H groups in total. The molecule has 0 aliphatic heterocycles. The van der Waals surface area contributed by atoms with Gasteiger partial charge in [-0.3, -0.25) is 14.8 Å². The highest BCUT2D eigenvalue weighted by atomic mass is 16.3. The average molecular weight is 505 g/mol. The minimum absolute atomic E-state index is 0.0245. The fourth-order valence-corrected chi connectivity index (χ4v) is 4.21. The Balaban J connectivity index is 1.55. The third kappa shape index (κ3) is 5.07. The van der Waals surface area contributed by atoms with Gasteiger partial charge in [-0.05, 0) is 51.1 Å². The van der Waals surface area contributed by atoms with E-state index in [-0.39, 0.29) is 11.5 Å². The minimum atomic E-state index is -1.10. The largest absolute Gasteiger partial charge is 0.384 e. The van der Waals surface area contributed by atoms with Gasteiger partial charge in [0.2, 0.25) is 0 Å². The maximum atomic E-state index is 13.4. The Labute approximate surface area is 220 Å². The summed E-state index contributed by atoms with van der Waals surface area (Å²) in [7, 11) is 0. The number of carbonyl (C=O) groups is 1. The monoisotopic (exact) mass is 504 g/mol. The number of nitrogens with one attached hydrogen (secondary N) is 1. The SMILES string of the molecule is CC(NC(=O)c1nc(-c2ccc3ncccc3c2)c(-c2ccccc2)nc1N)c1cccc(C(C)(C)O)n1. The minimum Gasteiger partial charge on any atom is -0.384 e. The molecule has 8 nitrogen and oxygen atoms in total. The number of hydrogen-bond acceptors (Lipinski definition) is 7. The highest BCUT2D eigenvalue weighted by Gasteiger charge is 2.23. The van der Waals surface area contributed by atoms with Crippen LogP contribution >= 0.6 is 0 Å². The summed E-state index contributed by atoms with van der Waals surface area (Å²) in [6.45, 7) is 5.14. The molecule has 1 amide bonds. The Morgan fingerprint density at radius 2 is 1.66 bits per heavy atom. The molecule has 0 bridgehead atoms. The zero-order chi connectivity index (χ0) is 26.9. The van der Waals surface area contributed by atoms with Crippen LogP contribution in [0, 0.1) is 0 Å². The summed E-state index contributed by atoms with van der Waals surface area (Å²) in [6, 6.07) is 24.1. The number of anilines is 1. The maximum absolute atomic E-state index is 13.4. The molecule has 2 aromatic carbocycles. The molecular weight excluding hydrogens is 476 g/mol. The standard InChI is InChI=1S/C30H28N6O2/c1-18(22-12-7-13-24(34-22)30(2,3)38)33-29(37)27-28(31)36-25(19-9-5-4-6-10-19)26(35-27)21-14-15-23-20(17-21)11-8-16-32-23/h4-18,38H,1-3H3,(H2,31,36)(H,33,37). The van der Waals surface area contributed by atoms with Gasteiger partial charge < -0.3 is 16.2 Å². The molecule has 3 heterocycles. The molecule has 38 heavy (non-hydrogen) atoms. The van der Waals surface area contributed by atoms with E-state index in [0.29, 0.717) is 22.8 Å². The first-order valence-electron chi connectivity index (χ1n) is 12.3. The number of nitrogens with zero attached hydrogens (tertiary/aromatic N) is 4. The van der Waals surface area contributed by atoms with Crippen LogP contribution in [-0.2, 0) is 5.60 Å². The summed E-state index contributed by atoms with van der Waals surface area (Å²) >= 11 is 0. The second-order valence-electron chi connectivity index (χ2n) is 9.63. The lowest BCUT2D eigenvalue weighted by Crippen LogP contribution is -2.30. The highest BCUT2D eigenvalue weighted by molar-refractivity contribution is 5.98. The van der Waals surface area contributed by atoms with Crippen LogP contribution in [-0.4, -0.2) is 30.9 Å². The molecule has 190 valence electrons. The Morgan fingerprint density at radius 1 is 0.895 bits per heavy atom. The van der Waals surface area contributed by atoms with Crippen LogP contribution in [0.3, 0.4) is 0 Å². The molecule has 0 saturated carbocycles. The van der Waals surface area contributed by atoms with E-state index in [1.807, 2.05) is 67.6 Å². The van der Waals surface area contributed by atoms with E-state index in [1.54, 1.807) is 38.2 Å². The summed E-state index contributed by atoms with van der Waals surface area (Å²) in [6.07, 6.45) is 1.75. The van der Waals surface area contributed by atoms with Crippen molar-refractivity contribution >= 4 is 22.6 Å². The van der Waals surface area contributed by atoms with Gasteiger partial charge in [0, 0.05) is 22.7 Å². The van der Waals surface area contributed by atoms with Crippen LogP contribution in [0.5, 0.6) is 0 Å². The van der Waals surface area contributed by atoms with Gasteiger partial charge in [-0.2, -0.15) is 0 Å². The van der Waals surface area contributed by atoms with E-state index in [4.69, 9.17) is 10.7 Å². The predicted octanol–water partition coefficient (Wildman–Crippen LogP) is 5.05. The molecule has 0 radical (unpaired) electrons. The molecule has 5 aromatic rings. The van der Waals surface area contributed by atoms with Gasteiger partial charge in [0.05, 0.1) is 34.3 Å². The molecule has 3 aromatic heterocycles. The molecule has 1 atom stereocenters. The van der Waals surface area contributed by atoms with Crippen molar-refractivity contribution in [2.45, 2.75) is 32.4 Å². The van der Waals surface area contributed by atoms with Gasteiger partial charge >= 0.3 is 0 Å². The van der Waals surface area contributed by atoms with Crippen LogP contribution in [0.15, 0.2) is 85.1 Å². The van der Waals surface area contributed by atoms with Crippen molar-refractivity contribution in [3.05, 3.63) is 102 Å². The maximum Gasteiger partial charge on any atom is 0.274 e. The van der Waals surface area contributed by atoms with Gasteiger partial charge in [0.1, 0.15) is 5.60 Å². The lowest BCUT2D eigenvalue weighted by Gasteiger charge is -2.20. The smallest absolute Gasteiger partial charge is 0.274 e. The zero-order valence-electron chi connectivity index (χ0n) is 21.4. The number of nitrogen functional groups attached to an aromatic ring is 1. The topological polar surface area (TPSA) is 127 Å². The second-order valence-corrected chi connectivity index (χ2v) is 9.63. The number of rotatable bonds is 6. The highest BCUT2D eigenvalue weighted by Crippen LogP contribution is 2.32. The molecule has 5 rings (SSSR count). The summed E-state index contributed by atoms with van der Waals surface area (Å²) in [5.41, 5.74) is 9.93. The fraction of sp³-hybridized carbons (Fsp3) is 0.167. The first-order valence-corrected chi connectivity index (χ1v) is 12.3. The summed E-state index contributed by atoms with van der Waals surface area (Å²) in [4.78, 5) is 31.7. The van der Waals surface area contributed by atoms with Crippen molar-refractivity contribution in [2.24, 2.45) is 0 Å². The Morgan fingerprint density at radius 3 is 2.42 bits per heavy atom. The number of fused-ring (bicyclic) bond motifs is 1. The van der Waals surface area contributed by atoms with Gasteiger partial charge in [-0.1, -0.05) is 48.5 Å². The van der Waals surface area contributed by atoms with Gasteiger partial charge in [-0.15, -0.1) is 0 Å². The lowest BCUT2D eigenvalue weighted by molar-refractivity contribution is 0.0735. The number of nitrogens with two attached hydrogens (primary N) is 1. The molecular formula is C30H28N6O2. The van der Waals surface area contributed by atoms with E-state index >= 15 is 0 Å². The van der Waals surface area contributed by atoms with Crippen LogP contribution in [0.25, 0.3) is 33.4 Å². The van der Waals surface area contributed by atoms with Gasteiger partial charge in [-0.25, -0.2) is 9.97 Å². The van der Waals surface area contributed by atoms with Gasteiger partial charge in [0.25, 0.3) is 5.91 Å². The predicted molar refractivity (Wildman–Crippen MR) is 148 cm³/mol. The van der Waals surface area contributed by atoms with E-state index in [2.05, 4.69) is 20.3 Å². The van der Waals surface area contributed by atoms with Gasteiger partial charge in [0.15, 0.2) is 11.5 Å². The first kappa shape index (κ1) is 25.0. The number of aliphatic hydroxyl groups is 1. The molecule has 0 spiro atoms. The van der Waals surface area contributed by atoms with Crippen molar-refractivity contribution in [3.8, 4) is 22.5 Å². The zero-order valence-corrected chi connectivity index (χ0v) is 21.4. The Kier molecular flexibility index (Phi) is 6.57. The van der Waals surface area contributed by atoms with E-state index in [0.717, 1.165) is 22.0 Å². The number of amides is 1. The van der Waals surface area contributed by atoms with E-state index in [9.17, 15) is 9.90 Å². The molecule has 1 unspecified atom stereocenters. The number of hydrogen-bond donors (Lipinski definition) is 3. The van der Waals surface area contributed by atoms with Crippen LogP contribution in [0.1, 0.15) is 48.7 Å². The Bertz CT molecular complexity index is 1630. The third-order valence-corrected chi connectivity index (χ3v) is 6.25. The van der Waals surface area contributed by atoms with Crippen LogP contribution in [0.2, 0.25) is 0 Å². The number of carbonyl (C=O) groups excluding carboxylic acids is 1.